The monoisotopic (exact) mass is 267 g/mol. The summed E-state index contributed by atoms with van der Waals surface area (Å²) in [7, 11) is 0. The van der Waals surface area contributed by atoms with Crippen molar-refractivity contribution in [3.05, 3.63) is 22.6 Å². The number of likely N-dealkylation sites (tertiary alicyclic amines) is 1. The average molecular weight is 267 g/mol. The van der Waals surface area contributed by atoms with E-state index in [0.717, 1.165) is 0 Å². The van der Waals surface area contributed by atoms with Crippen molar-refractivity contribution in [3.8, 4) is 0 Å². The third-order valence-corrected chi connectivity index (χ3v) is 3.53. The number of ketones is 1. The Kier molecular flexibility index (Phi) is 4.14. The highest BCUT2D eigenvalue weighted by Gasteiger charge is 2.20. The molecule has 2 heterocycles. The summed E-state index contributed by atoms with van der Waals surface area (Å²) in [6.07, 6.45) is 2.29. The van der Waals surface area contributed by atoms with E-state index in [4.69, 9.17) is 0 Å². The first-order valence-electron chi connectivity index (χ1n) is 5.63. The van der Waals surface area contributed by atoms with Gasteiger partial charge in [0.1, 0.15) is 5.78 Å². The number of amides is 1. The molecular weight excluding hydrogens is 254 g/mol. The quantitative estimate of drug-likeness (QED) is 0.618. The van der Waals surface area contributed by atoms with E-state index in [0.29, 0.717) is 31.1 Å². The molecule has 1 saturated heterocycles. The number of carbonyl (C=O) groups is 2. The Labute approximate surface area is 108 Å². The number of hydrogen-bond donors (Lipinski definition) is 1. The van der Waals surface area contributed by atoms with Crippen LogP contribution in [0.15, 0.2) is 22.2 Å². The molecule has 0 atom stereocenters. The van der Waals surface area contributed by atoms with Gasteiger partial charge in [0.2, 0.25) is 5.91 Å². The molecule has 0 bridgehead atoms. The topological polar surface area (TPSA) is 83.1 Å². The smallest absolute Gasteiger partial charge is 0.251 e. The van der Waals surface area contributed by atoms with Gasteiger partial charge in [-0.25, -0.2) is 4.98 Å². The second kappa shape index (κ2) is 5.81. The molecule has 1 aliphatic rings. The molecule has 1 aromatic rings. The van der Waals surface area contributed by atoms with E-state index in [1.807, 2.05) is 0 Å². The lowest BCUT2D eigenvalue weighted by Crippen LogP contribution is -2.39. The Bertz CT molecular complexity index is 504. The Morgan fingerprint density at radius 3 is 2.78 bits per heavy atom. The molecule has 1 fully saturated rings. The van der Waals surface area contributed by atoms with Gasteiger partial charge in [0.25, 0.3) is 5.56 Å². The highest BCUT2D eigenvalue weighted by molar-refractivity contribution is 7.99. The number of nitrogens with one attached hydrogen (secondary N) is 1. The fourth-order valence-corrected chi connectivity index (χ4v) is 2.40. The Balaban J connectivity index is 1.85. The number of nitrogens with zero attached hydrogens (tertiary/aromatic N) is 2. The van der Waals surface area contributed by atoms with Crippen LogP contribution in [0.25, 0.3) is 0 Å². The van der Waals surface area contributed by atoms with Gasteiger partial charge in [0.15, 0.2) is 5.16 Å². The molecule has 2 rings (SSSR count). The van der Waals surface area contributed by atoms with Crippen molar-refractivity contribution < 1.29 is 9.59 Å². The first kappa shape index (κ1) is 12.8. The van der Waals surface area contributed by atoms with Crippen molar-refractivity contribution >= 4 is 23.5 Å². The van der Waals surface area contributed by atoms with Gasteiger partial charge in [-0.2, -0.15) is 0 Å². The van der Waals surface area contributed by atoms with Crippen LogP contribution in [0, 0.1) is 0 Å². The highest BCUT2D eigenvalue weighted by Crippen LogP contribution is 2.13. The van der Waals surface area contributed by atoms with E-state index in [9.17, 15) is 14.4 Å². The fraction of sp³-hybridized carbons (Fsp3) is 0.455. The Morgan fingerprint density at radius 1 is 1.39 bits per heavy atom. The summed E-state index contributed by atoms with van der Waals surface area (Å²) in [5.74, 6) is 0.404. The van der Waals surface area contributed by atoms with Crippen molar-refractivity contribution in [2.45, 2.75) is 18.0 Å². The molecule has 0 radical (unpaired) electrons. The molecule has 1 amide bonds. The van der Waals surface area contributed by atoms with Crippen LogP contribution in [0.3, 0.4) is 0 Å². The third-order valence-electron chi connectivity index (χ3n) is 2.65. The summed E-state index contributed by atoms with van der Waals surface area (Å²) < 4.78 is 0. The zero-order valence-electron chi connectivity index (χ0n) is 9.72. The molecule has 0 unspecified atom stereocenters. The number of aromatic amines is 1. The second-order valence-electron chi connectivity index (χ2n) is 3.95. The van der Waals surface area contributed by atoms with Crippen LogP contribution in [0.5, 0.6) is 0 Å². The molecule has 0 saturated carbocycles. The van der Waals surface area contributed by atoms with E-state index in [2.05, 4.69) is 9.97 Å². The molecule has 1 aliphatic heterocycles. The predicted molar refractivity (Wildman–Crippen MR) is 66.4 cm³/mol. The maximum absolute atomic E-state index is 11.8. The highest BCUT2D eigenvalue weighted by atomic mass is 32.2. The number of carbonyl (C=O) groups excluding carboxylic acids is 2. The van der Waals surface area contributed by atoms with Gasteiger partial charge in [-0.05, 0) is 0 Å². The van der Waals surface area contributed by atoms with Crippen LogP contribution >= 0.6 is 11.8 Å². The zero-order valence-corrected chi connectivity index (χ0v) is 10.5. The fourth-order valence-electron chi connectivity index (χ4n) is 1.65. The standard InChI is InChI=1S/C11H13N3O3S/c15-8-2-5-14(6-3-8)10(17)7-18-11-12-4-1-9(16)13-11/h1,4H,2-3,5-7H2,(H,12,13,16). The molecule has 1 aromatic heterocycles. The molecule has 18 heavy (non-hydrogen) atoms. The number of rotatable bonds is 3. The van der Waals surface area contributed by atoms with Gasteiger partial charge in [0, 0.05) is 38.2 Å². The minimum Gasteiger partial charge on any atom is -0.341 e. The largest absolute Gasteiger partial charge is 0.341 e. The molecule has 0 aromatic carbocycles. The maximum atomic E-state index is 11.8. The van der Waals surface area contributed by atoms with Crippen LogP contribution in [0.2, 0.25) is 0 Å². The SMILES string of the molecule is O=C1CCN(C(=O)CSc2nccc(=O)[nH]2)CC1. The van der Waals surface area contributed by atoms with Crippen molar-refractivity contribution in [2.75, 3.05) is 18.8 Å². The minimum absolute atomic E-state index is 0.0287. The zero-order chi connectivity index (χ0) is 13.0. The normalized spacial score (nSPS) is 15.8. The molecule has 1 N–H and O–H groups in total. The molecule has 96 valence electrons. The summed E-state index contributed by atoms with van der Waals surface area (Å²) in [6, 6.07) is 1.32. The third kappa shape index (κ3) is 3.43. The van der Waals surface area contributed by atoms with Crippen LogP contribution in [0.4, 0.5) is 0 Å². The van der Waals surface area contributed by atoms with Gasteiger partial charge in [-0.1, -0.05) is 11.8 Å². The van der Waals surface area contributed by atoms with E-state index in [1.54, 1.807) is 4.90 Å². The van der Waals surface area contributed by atoms with Gasteiger partial charge in [-0.3, -0.25) is 14.4 Å². The van der Waals surface area contributed by atoms with Crippen LogP contribution < -0.4 is 5.56 Å². The molecule has 0 aliphatic carbocycles. The van der Waals surface area contributed by atoms with Gasteiger partial charge in [-0.15, -0.1) is 0 Å². The van der Waals surface area contributed by atoms with Crippen LogP contribution in [-0.4, -0.2) is 45.4 Å². The number of hydrogen-bond acceptors (Lipinski definition) is 5. The van der Waals surface area contributed by atoms with Gasteiger partial charge in [0.05, 0.1) is 5.75 Å². The summed E-state index contributed by atoms with van der Waals surface area (Å²) in [6.45, 7) is 0.994. The number of aromatic nitrogens is 2. The molecular formula is C11H13N3O3S. The van der Waals surface area contributed by atoms with E-state index in [1.165, 1.54) is 24.0 Å². The lowest BCUT2D eigenvalue weighted by molar-refractivity contribution is -0.132. The minimum atomic E-state index is -0.233. The summed E-state index contributed by atoms with van der Waals surface area (Å²) in [4.78, 5) is 42.1. The van der Waals surface area contributed by atoms with Crippen LogP contribution in [-0.2, 0) is 9.59 Å². The van der Waals surface area contributed by atoms with E-state index >= 15 is 0 Å². The Hall–Kier alpha value is -1.63. The maximum Gasteiger partial charge on any atom is 0.251 e. The molecule has 0 spiro atoms. The number of piperidine rings is 1. The van der Waals surface area contributed by atoms with Gasteiger partial charge < -0.3 is 9.88 Å². The first-order chi connectivity index (χ1) is 8.65. The van der Waals surface area contributed by atoms with Crippen molar-refractivity contribution in [1.82, 2.24) is 14.9 Å². The second-order valence-corrected chi connectivity index (χ2v) is 4.91. The summed E-state index contributed by atoms with van der Waals surface area (Å²) in [5.41, 5.74) is -0.233. The molecule has 6 nitrogen and oxygen atoms in total. The van der Waals surface area contributed by atoms with E-state index in [-0.39, 0.29) is 23.0 Å². The molecule has 7 heteroatoms. The Morgan fingerprint density at radius 2 is 2.11 bits per heavy atom. The first-order valence-corrected chi connectivity index (χ1v) is 6.61. The van der Waals surface area contributed by atoms with Crippen molar-refractivity contribution in [3.63, 3.8) is 0 Å². The van der Waals surface area contributed by atoms with Gasteiger partial charge >= 0.3 is 0 Å². The van der Waals surface area contributed by atoms with Crippen molar-refractivity contribution in [1.29, 1.82) is 0 Å². The van der Waals surface area contributed by atoms with Crippen LogP contribution in [0.1, 0.15) is 12.8 Å². The summed E-state index contributed by atoms with van der Waals surface area (Å²) in [5, 5.41) is 0.434. The average Bonchev–Trinajstić information content (AvgIpc) is 2.37. The number of Topliss-reactive ketones (excluding diaryl/α,β-unsaturated/α-hetero) is 1. The lowest BCUT2D eigenvalue weighted by Gasteiger charge is -2.25. The summed E-state index contributed by atoms with van der Waals surface area (Å²) >= 11 is 1.19. The van der Waals surface area contributed by atoms with Crippen molar-refractivity contribution in [2.24, 2.45) is 0 Å². The lowest BCUT2D eigenvalue weighted by atomic mass is 10.1. The predicted octanol–water partition coefficient (Wildman–Crippen LogP) is 0.0535. The number of thioether (sulfide) groups is 1. The van der Waals surface area contributed by atoms with E-state index < -0.39 is 0 Å². The number of H-pyrrole nitrogens is 1.